The maximum Gasteiger partial charge on any atom is 0.224 e. The Morgan fingerprint density at radius 3 is 2.58 bits per heavy atom. The zero-order valence-electron chi connectivity index (χ0n) is 19.9. The van der Waals surface area contributed by atoms with Crippen LogP contribution < -0.4 is 16.4 Å². The van der Waals surface area contributed by atoms with Crippen molar-refractivity contribution in [3.05, 3.63) is 34.2 Å². The van der Waals surface area contributed by atoms with E-state index in [1.165, 1.54) is 12.1 Å². The molecule has 3 aromatic rings. The van der Waals surface area contributed by atoms with E-state index < -0.39 is 11.2 Å². The number of fused-ring (bicyclic) bond motifs is 1. The van der Waals surface area contributed by atoms with Crippen LogP contribution in [-0.4, -0.2) is 44.7 Å². The van der Waals surface area contributed by atoms with E-state index in [-0.39, 0.29) is 33.7 Å². The number of ether oxygens (including phenoxy) is 1. The maximum atomic E-state index is 14.8. The van der Waals surface area contributed by atoms with Crippen LogP contribution in [0.15, 0.2) is 18.3 Å². The van der Waals surface area contributed by atoms with Crippen LogP contribution in [0.1, 0.15) is 51.5 Å². The number of nitrogens with one attached hydrogen (secondary N) is 2. The molecule has 1 aromatic carbocycles. The summed E-state index contributed by atoms with van der Waals surface area (Å²) in [6.45, 7) is 3.29. The second-order valence-corrected chi connectivity index (χ2v) is 10.6. The van der Waals surface area contributed by atoms with Crippen molar-refractivity contribution in [1.29, 1.82) is 0 Å². The molecule has 0 unspecified atom stereocenters. The maximum absolute atomic E-state index is 14.8. The third-order valence-corrected chi connectivity index (χ3v) is 7.77. The molecule has 1 saturated carbocycles. The van der Waals surface area contributed by atoms with Crippen LogP contribution in [-0.2, 0) is 9.53 Å². The van der Waals surface area contributed by atoms with Crippen LogP contribution in [0.3, 0.4) is 0 Å². The Morgan fingerprint density at radius 2 is 1.92 bits per heavy atom. The van der Waals surface area contributed by atoms with Crippen molar-refractivity contribution in [2.24, 2.45) is 11.1 Å². The number of nitrogens with zero attached hydrogens (tertiary/aromatic N) is 4. The van der Waals surface area contributed by atoms with Gasteiger partial charge >= 0.3 is 0 Å². The van der Waals surface area contributed by atoms with E-state index >= 15 is 0 Å². The van der Waals surface area contributed by atoms with Crippen molar-refractivity contribution >= 4 is 57.9 Å². The number of anilines is 3. The van der Waals surface area contributed by atoms with Gasteiger partial charge in [0.1, 0.15) is 11.3 Å². The summed E-state index contributed by atoms with van der Waals surface area (Å²) < 4.78 is 22.2. The number of primary amides is 1. The van der Waals surface area contributed by atoms with Gasteiger partial charge in [-0.15, -0.1) is 0 Å². The fourth-order valence-electron chi connectivity index (χ4n) is 4.94. The number of amides is 1. The number of imidazole rings is 1. The fraction of sp³-hybridized carbons (Fsp3) is 0.500. The number of carbonyl (C=O) groups excluding carboxylic acids is 1. The van der Waals surface area contributed by atoms with Gasteiger partial charge in [-0.2, -0.15) is 4.98 Å². The Labute approximate surface area is 217 Å². The van der Waals surface area contributed by atoms with Crippen LogP contribution in [0.2, 0.25) is 10.0 Å². The first-order valence-corrected chi connectivity index (χ1v) is 12.8. The molecule has 0 atom stereocenters. The molecule has 0 radical (unpaired) electrons. The van der Waals surface area contributed by atoms with Gasteiger partial charge in [0, 0.05) is 35.7 Å². The van der Waals surface area contributed by atoms with E-state index in [1.54, 1.807) is 6.20 Å². The molecule has 3 heterocycles. The number of aromatic nitrogens is 4. The lowest BCUT2D eigenvalue weighted by atomic mass is 9.73. The van der Waals surface area contributed by atoms with Gasteiger partial charge in [-0.25, -0.2) is 14.4 Å². The summed E-state index contributed by atoms with van der Waals surface area (Å²) >= 11 is 12.3. The van der Waals surface area contributed by atoms with Gasteiger partial charge < -0.3 is 21.1 Å². The molecule has 2 aromatic heterocycles. The predicted octanol–water partition coefficient (Wildman–Crippen LogP) is 5.21. The fourth-order valence-corrected chi connectivity index (χ4v) is 5.45. The van der Waals surface area contributed by atoms with Crippen molar-refractivity contribution in [1.82, 2.24) is 19.5 Å². The molecule has 2 aliphatic rings. The third-order valence-electron chi connectivity index (χ3n) is 7.25. The largest absolute Gasteiger partial charge is 0.381 e. The van der Waals surface area contributed by atoms with Crippen molar-refractivity contribution in [2.45, 2.75) is 57.5 Å². The smallest absolute Gasteiger partial charge is 0.224 e. The second kappa shape index (κ2) is 9.99. The molecule has 1 aliphatic carbocycles. The quantitative estimate of drug-likeness (QED) is 0.396. The van der Waals surface area contributed by atoms with Crippen LogP contribution in [0.5, 0.6) is 0 Å². The molecule has 5 rings (SSSR count). The van der Waals surface area contributed by atoms with Crippen molar-refractivity contribution in [2.75, 3.05) is 23.8 Å². The number of nitrogens with two attached hydrogens (primary N) is 1. The highest BCUT2D eigenvalue weighted by atomic mass is 35.5. The van der Waals surface area contributed by atoms with Crippen molar-refractivity contribution in [3.8, 4) is 0 Å². The van der Waals surface area contributed by atoms with Gasteiger partial charge in [0.2, 0.25) is 17.8 Å². The summed E-state index contributed by atoms with van der Waals surface area (Å²) in [6.07, 6.45) is 6.02. The minimum absolute atomic E-state index is 0.0371. The van der Waals surface area contributed by atoms with E-state index in [9.17, 15) is 9.18 Å². The molecule has 12 heteroatoms. The van der Waals surface area contributed by atoms with E-state index in [1.807, 2.05) is 11.5 Å². The molecule has 0 spiro atoms. The summed E-state index contributed by atoms with van der Waals surface area (Å²) in [5.74, 6) is -0.00649. The summed E-state index contributed by atoms with van der Waals surface area (Å²) in [4.78, 5) is 25.9. The highest BCUT2D eigenvalue weighted by Gasteiger charge is 2.37. The van der Waals surface area contributed by atoms with Gasteiger partial charge in [-0.1, -0.05) is 30.1 Å². The average molecular weight is 536 g/mol. The zero-order chi connectivity index (χ0) is 25.4. The molecule has 4 N–H and O–H groups in total. The average Bonchev–Trinajstić information content (AvgIpc) is 3.20. The summed E-state index contributed by atoms with van der Waals surface area (Å²) in [6, 6.07) is 2.84. The van der Waals surface area contributed by atoms with E-state index in [4.69, 9.17) is 38.7 Å². The van der Waals surface area contributed by atoms with Gasteiger partial charge in [0.15, 0.2) is 5.65 Å². The van der Waals surface area contributed by atoms with Gasteiger partial charge in [-0.3, -0.25) is 9.36 Å². The lowest BCUT2D eigenvalue weighted by Gasteiger charge is -2.35. The first kappa shape index (κ1) is 25.0. The number of hydrogen-bond donors (Lipinski definition) is 3. The Balaban J connectivity index is 1.53. The number of benzene rings is 1. The molecule has 1 aliphatic heterocycles. The first-order chi connectivity index (χ1) is 17.2. The monoisotopic (exact) mass is 535 g/mol. The van der Waals surface area contributed by atoms with Crippen LogP contribution in [0.25, 0.3) is 11.2 Å². The van der Waals surface area contributed by atoms with Crippen molar-refractivity contribution in [3.63, 3.8) is 0 Å². The van der Waals surface area contributed by atoms with Gasteiger partial charge in [0.25, 0.3) is 0 Å². The van der Waals surface area contributed by atoms with E-state index in [0.717, 1.165) is 12.8 Å². The molecule has 192 valence electrons. The number of hydrogen-bond acceptors (Lipinski definition) is 7. The lowest BCUT2D eigenvalue weighted by molar-refractivity contribution is -0.128. The molecule has 1 saturated heterocycles. The number of carbonyl (C=O) groups is 1. The van der Waals surface area contributed by atoms with Gasteiger partial charge in [-0.05, 0) is 50.7 Å². The number of rotatable bonds is 6. The molecule has 36 heavy (non-hydrogen) atoms. The van der Waals surface area contributed by atoms with E-state index in [0.29, 0.717) is 62.0 Å². The third kappa shape index (κ3) is 4.94. The van der Waals surface area contributed by atoms with Gasteiger partial charge in [0.05, 0.1) is 16.9 Å². The first-order valence-electron chi connectivity index (χ1n) is 12.0. The standard InChI is InChI=1S/C24H28Cl2FN7O2/c1-24(21(28)35)6-2-15(3-7-24)34-20-18(12-29-22(33-20)30-14-4-8-36-9-5-14)31-23(34)32-19-16(26)10-13(25)11-17(19)27/h10-12,14-15H,2-9H2,1H3,(H2,28,35)(H,31,32)(H,29,30,33)/t15-,24-. The summed E-state index contributed by atoms with van der Waals surface area (Å²) in [7, 11) is 0. The topological polar surface area (TPSA) is 120 Å². The Hall–Kier alpha value is -2.69. The molecular weight excluding hydrogens is 508 g/mol. The highest BCUT2D eigenvalue weighted by Crippen LogP contribution is 2.43. The van der Waals surface area contributed by atoms with Crippen LogP contribution in [0, 0.1) is 11.2 Å². The minimum atomic E-state index is -0.594. The Morgan fingerprint density at radius 1 is 1.19 bits per heavy atom. The molecule has 0 bridgehead atoms. The Bertz CT molecular complexity index is 1260. The van der Waals surface area contributed by atoms with Crippen molar-refractivity contribution < 1.29 is 13.9 Å². The lowest BCUT2D eigenvalue weighted by Crippen LogP contribution is -2.38. The minimum Gasteiger partial charge on any atom is -0.381 e. The normalized spacial score (nSPS) is 23.1. The zero-order valence-corrected chi connectivity index (χ0v) is 21.4. The highest BCUT2D eigenvalue weighted by molar-refractivity contribution is 6.36. The van der Waals surface area contributed by atoms with Crippen LogP contribution >= 0.6 is 23.2 Å². The Kier molecular flexibility index (Phi) is 6.93. The number of halogens is 3. The molecular formula is C24H28Cl2FN7O2. The SMILES string of the molecule is C[C@]1(C(N)=O)CC[C@H](n2c(Nc3c(F)cc(Cl)cc3Cl)nc3cnc(NC4CCOCC4)nc32)CC1. The van der Waals surface area contributed by atoms with E-state index in [2.05, 4.69) is 20.6 Å². The molecule has 9 nitrogen and oxygen atoms in total. The molecule has 2 fully saturated rings. The predicted molar refractivity (Wildman–Crippen MR) is 137 cm³/mol. The summed E-state index contributed by atoms with van der Waals surface area (Å²) in [5.41, 5.74) is 6.35. The second-order valence-electron chi connectivity index (χ2n) is 9.76. The summed E-state index contributed by atoms with van der Waals surface area (Å²) in [5, 5.41) is 6.79. The van der Waals surface area contributed by atoms with Crippen LogP contribution in [0.4, 0.5) is 22.0 Å². The molecule has 1 amide bonds.